The van der Waals surface area contributed by atoms with Crippen LogP contribution in [-0.2, 0) is 4.74 Å². The highest BCUT2D eigenvalue weighted by Gasteiger charge is 2.13. The van der Waals surface area contributed by atoms with E-state index in [1.165, 1.54) is 0 Å². The number of nitrogens with two attached hydrogens (primary N) is 1. The van der Waals surface area contributed by atoms with Crippen molar-refractivity contribution < 1.29 is 4.74 Å². The van der Waals surface area contributed by atoms with Gasteiger partial charge in [0.15, 0.2) is 0 Å². The number of amidine groups is 1. The zero-order valence-corrected chi connectivity index (χ0v) is 8.94. The molecule has 0 aliphatic carbocycles. The van der Waals surface area contributed by atoms with E-state index in [2.05, 4.69) is 27.0 Å². The summed E-state index contributed by atoms with van der Waals surface area (Å²) in [4.78, 5) is 10.0. The summed E-state index contributed by atoms with van der Waals surface area (Å²) >= 11 is 0. The molecule has 0 aromatic carbocycles. The van der Waals surface area contributed by atoms with Gasteiger partial charge in [-0.3, -0.25) is 4.99 Å². The van der Waals surface area contributed by atoms with Crippen LogP contribution in [0.1, 0.15) is 0 Å². The Kier molecular flexibility index (Phi) is 4.79. The highest BCUT2D eigenvalue weighted by atomic mass is 16.5. The van der Waals surface area contributed by atoms with Gasteiger partial charge in [0.1, 0.15) is 11.7 Å². The molecule has 0 amide bonds. The van der Waals surface area contributed by atoms with Crippen molar-refractivity contribution in [3.05, 3.63) is 11.9 Å². The van der Waals surface area contributed by atoms with Crippen LogP contribution in [0, 0.1) is 0 Å². The average Bonchev–Trinajstić information content (AvgIpc) is 2.32. The van der Waals surface area contributed by atoms with E-state index in [1.54, 1.807) is 13.1 Å². The van der Waals surface area contributed by atoms with E-state index >= 15 is 0 Å². The van der Waals surface area contributed by atoms with Crippen LogP contribution >= 0.6 is 0 Å². The van der Waals surface area contributed by atoms with E-state index in [-0.39, 0.29) is 0 Å². The molecule has 0 unspecified atom stereocenters. The Bertz CT molecular complexity index is 268. The lowest BCUT2D eigenvalue weighted by molar-refractivity contribution is 0.0684. The lowest BCUT2D eigenvalue weighted by atomic mass is 10.3. The smallest absolute Gasteiger partial charge is 0.142 e. The first-order valence-electron chi connectivity index (χ1n) is 4.76. The third-order valence-electron chi connectivity index (χ3n) is 2.15. The maximum Gasteiger partial charge on any atom is 0.142 e. The second-order valence-electron chi connectivity index (χ2n) is 3.01. The molecule has 6 nitrogen and oxygen atoms in total. The Morgan fingerprint density at radius 2 is 2.20 bits per heavy atom. The monoisotopic (exact) mass is 211 g/mol. The van der Waals surface area contributed by atoms with E-state index < -0.39 is 0 Å². The SMILES string of the molecule is C=N/C(=C\C(=N/C)N1CCOCC1)NN. The molecule has 6 heteroatoms. The minimum absolute atomic E-state index is 0.502. The van der Waals surface area contributed by atoms with Crippen molar-refractivity contribution in [2.24, 2.45) is 15.8 Å². The van der Waals surface area contributed by atoms with Crippen molar-refractivity contribution in [2.45, 2.75) is 0 Å². The average molecular weight is 211 g/mol. The Hall–Kier alpha value is -1.40. The van der Waals surface area contributed by atoms with E-state index in [4.69, 9.17) is 10.6 Å². The van der Waals surface area contributed by atoms with Gasteiger partial charge >= 0.3 is 0 Å². The summed E-state index contributed by atoms with van der Waals surface area (Å²) < 4.78 is 5.26. The number of hydrogen-bond donors (Lipinski definition) is 2. The van der Waals surface area contributed by atoms with E-state index in [9.17, 15) is 0 Å². The first kappa shape index (κ1) is 11.7. The van der Waals surface area contributed by atoms with Crippen molar-refractivity contribution >= 4 is 12.6 Å². The number of hydrogen-bond acceptors (Lipinski definition) is 5. The van der Waals surface area contributed by atoms with Crippen LogP contribution in [0.15, 0.2) is 21.9 Å². The van der Waals surface area contributed by atoms with Gasteiger partial charge in [-0.15, -0.1) is 0 Å². The number of nitrogens with one attached hydrogen (secondary N) is 1. The van der Waals surface area contributed by atoms with Gasteiger partial charge in [-0.1, -0.05) is 0 Å². The Morgan fingerprint density at radius 3 is 2.67 bits per heavy atom. The summed E-state index contributed by atoms with van der Waals surface area (Å²) in [5.74, 6) is 6.60. The molecular formula is C9H17N5O. The second-order valence-corrected chi connectivity index (χ2v) is 3.01. The molecule has 0 aromatic heterocycles. The molecule has 3 N–H and O–H groups in total. The van der Waals surface area contributed by atoms with Crippen molar-refractivity contribution in [1.82, 2.24) is 10.3 Å². The molecule has 0 aromatic rings. The third-order valence-corrected chi connectivity index (χ3v) is 2.15. The van der Waals surface area contributed by atoms with Gasteiger partial charge < -0.3 is 15.1 Å². The van der Waals surface area contributed by atoms with Crippen LogP contribution in [0.4, 0.5) is 0 Å². The highest BCUT2D eigenvalue weighted by Crippen LogP contribution is 2.01. The number of aliphatic imine (C=N–C) groups is 2. The van der Waals surface area contributed by atoms with Crippen LogP contribution in [0.2, 0.25) is 0 Å². The van der Waals surface area contributed by atoms with Crippen molar-refractivity contribution in [2.75, 3.05) is 33.4 Å². The molecule has 1 aliphatic heterocycles. The van der Waals surface area contributed by atoms with Gasteiger partial charge in [-0.25, -0.2) is 10.8 Å². The molecule has 0 bridgehead atoms. The van der Waals surface area contributed by atoms with Crippen LogP contribution in [0.3, 0.4) is 0 Å². The number of morpholine rings is 1. The fourth-order valence-corrected chi connectivity index (χ4v) is 1.34. The highest BCUT2D eigenvalue weighted by molar-refractivity contribution is 5.93. The molecule has 1 rings (SSSR count). The molecule has 1 aliphatic rings. The fraction of sp³-hybridized carbons (Fsp3) is 0.556. The largest absolute Gasteiger partial charge is 0.378 e. The fourth-order valence-electron chi connectivity index (χ4n) is 1.34. The zero-order chi connectivity index (χ0) is 11.1. The minimum atomic E-state index is 0.502. The summed E-state index contributed by atoms with van der Waals surface area (Å²) in [5, 5.41) is 0. The Balaban J connectivity index is 2.70. The van der Waals surface area contributed by atoms with Gasteiger partial charge in [-0.05, 0) is 6.72 Å². The van der Waals surface area contributed by atoms with Crippen molar-refractivity contribution in [1.29, 1.82) is 0 Å². The molecular weight excluding hydrogens is 194 g/mol. The number of rotatable bonds is 3. The van der Waals surface area contributed by atoms with Gasteiger partial charge in [0.25, 0.3) is 0 Å². The molecule has 0 atom stereocenters. The third kappa shape index (κ3) is 3.34. The summed E-state index contributed by atoms with van der Waals surface area (Å²) in [5.41, 5.74) is 2.45. The van der Waals surface area contributed by atoms with Crippen molar-refractivity contribution in [3.8, 4) is 0 Å². The Labute approximate surface area is 89.5 Å². The van der Waals surface area contributed by atoms with E-state index in [1.807, 2.05) is 0 Å². The zero-order valence-electron chi connectivity index (χ0n) is 8.94. The van der Waals surface area contributed by atoms with E-state index in [0.717, 1.165) is 32.1 Å². The Morgan fingerprint density at radius 1 is 1.53 bits per heavy atom. The summed E-state index contributed by atoms with van der Waals surface area (Å²) in [7, 11) is 1.73. The molecule has 1 saturated heterocycles. The lowest BCUT2D eigenvalue weighted by Crippen LogP contribution is -2.40. The molecule has 0 saturated carbocycles. The topological polar surface area (TPSA) is 75.2 Å². The summed E-state index contributed by atoms with van der Waals surface area (Å²) in [6.45, 7) is 6.51. The summed E-state index contributed by atoms with van der Waals surface area (Å²) in [6, 6.07) is 0. The molecule has 0 radical (unpaired) electrons. The molecule has 84 valence electrons. The molecule has 1 heterocycles. The van der Waals surface area contributed by atoms with Crippen LogP contribution in [0.5, 0.6) is 0 Å². The number of ether oxygens (including phenoxy) is 1. The normalized spacial score (nSPS) is 18.9. The van der Waals surface area contributed by atoms with Gasteiger partial charge in [-0.2, -0.15) is 0 Å². The number of hydrazine groups is 1. The lowest BCUT2D eigenvalue weighted by Gasteiger charge is -2.28. The van der Waals surface area contributed by atoms with Gasteiger partial charge in [0.05, 0.1) is 13.2 Å². The molecule has 0 spiro atoms. The van der Waals surface area contributed by atoms with Crippen LogP contribution in [0.25, 0.3) is 0 Å². The number of nitrogens with zero attached hydrogens (tertiary/aromatic N) is 3. The quantitative estimate of drug-likeness (QED) is 0.281. The summed E-state index contributed by atoms with van der Waals surface area (Å²) in [6.07, 6.45) is 1.76. The van der Waals surface area contributed by atoms with E-state index in [0.29, 0.717) is 5.82 Å². The van der Waals surface area contributed by atoms with Crippen LogP contribution < -0.4 is 11.3 Å². The second kappa shape index (κ2) is 6.15. The predicted octanol–water partition coefficient (Wildman–Crippen LogP) is -0.648. The first-order chi connectivity index (χ1) is 7.31. The van der Waals surface area contributed by atoms with Gasteiger partial charge in [0.2, 0.25) is 0 Å². The molecule has 15 heavy (non-hydrogen) atoms. The first-order valence-corrected chi connectivity index (χ1v) is 4.76. The van der Waals surface area contributed by atoms with Crippen LogP contribution in [-0.4, -0.2) is 50.8 Å². The predicted molar refractivity (Wildman–Crippen MR) is 60.7 cm³/mol. The van der Waals surface area contributed by atoms with Gasteiger partial charge in [0, 0.05) is 26.2 Å². The van der Waals surface area contributed by atoms with Crippen molar-refractivity contribution in [3.63, 3.8) is 0 Å². The maximum absolute atomic E-state index is 5.27. The maximum atomic E-state index is 5.27. The molecule has 1 fully saturated rings. The minimum Gasteiger partial charge on any atom is -0.378 e. The standard InChI is InChI=1S/C9H17N5O/c1-11-8(13-10)7-9(12-2)14-3-5-15-6-4-14/h7,13H,1,3-6,10H2,2H3/b8-7+,12-9+.